The average molecular weight is 731 g/mol. The van der Waals surface area contributed by atoms with E-state index in [1.54, 1.807) is 12.0 Å². The molecule has 10 nitrogen and oxygen atoms in total. The molecule has 2 aromatic carbocycles. The second kappa shape index (κ2) is 15.5. The molecule has 2 unspecified atom stereocenters. The molecule has 1 N–H and O–H groups in total. The Labute approximate surface area is 308 Å². The van der Waals surface area contributed by atoms with Gasteiger partial charge in [0.15, 0.2) is 0 Å². The van der Waals surface area contributed by atoms with Crippen LogP contribution in [0.15, 0.2) is 78.7 Å². The van der Waals surface area contributed by atoms with Crippen molar-refractivity contribution < 1.29 is 27.5 Å². The van der Waals surface area contributed by atoms with Crippen molar-refractivity contribution in [2.75, 3.05) is 33.1 Å². The van der Waals surface area contributed by atoms with Crippen LogP contribution in [0, 0.1) is 11.8 Å². The fourth-order valence-electron chi connectivity index (χ4n) is 7.80. The van der Waals surface area contributed by atoms with Gasteiger partial charge in [0.1, 0.15) is 5.60 Å². The van der Waals surface area contributed by atoms with Gasteiger partial charge in [-0.2, -0.15) is 0 Å². The van der Waals surface area contributed by atoms with E-state index in [1.807, 2.05) is 39.0 Å². The normalized spacial score (nSPS) is 22.3. The van der Waals surface area contributed by atoms with Crippen LogP contribution in [0.2, 0.25) is 0 Å². The fourth-order valence-corrected chi connectivity index (χ4v) is 8.36. The first-order valence-electron chi connectivity index (χ1n) is 18.5. The number of allylic oxidation sites excluding steroid dienone is 3. The zero-order chi connectivity index (χ0) is 37.2. The van der Waals surface area contributed by atoms with Gasteiger partial charge in [-0.15, -0.1) is 0 Å². The summed E-state index contributed by atoms with van der Waals surface area (Å²) in [6.07, 6.45) is 12.3. The molecule has 2 amide bonds. The molecule has 52 heavy (non-hydrogen) atoms. The Kier molecular flexibility index (Phi) is 11.2. The van der Waals surface area contributed by atoms with Crippen molar-refractivity contribution >= 4 is 32.9 Å². The lowest BCUT2D eigenvalue weighted by Gasteiger charge is -2.40. The molecule has 3 aromatic rings. The summed E-state index contributed by atoms with van der Waals surface area (Å²) in [7, 11) is -1.66. The largest absolute Gasteiger partial charge is 0.444 e. The molecule has 0 bridgehead atoms. The molecular weight excluding hydrogens is 677 g/mol. The quantitative estimate of drug-likeness (QED) is 0.203. The lowest BCUT2D eigenvalue weighted by atomic mass is 9.77. The summed E-state index contributed by atoms with van der Waals surface area (Å²) in [5, 5.41) is 1.15. The van der Waals surface area contributed by atoms with Crippen molar-refractivity contribution in [3.8, 4) is 0 Å². The van der Waals surface area contributed by atoms with Crippen LogP contribution in [-0.4, -0.2) is 79.5 Å². The van der Waals surface area contributed by atoms with Gasteiger partial charge < -0.3 is 23.8 Å². The van der Waals surface area contributed by atoms with Gasteiger partial charge in [-0.05, 0) is 87.1 Å². The Morgan fingerprint density at radius 3 is 2.48 bits per heavy atom. The number of likely N-dealkylation sites (tertiary alicyclic amines) is 1. The molecule has 2 aliphatic carbocycles. The Bertz CT molecular complexity index is 1940. The number of benzene rings is 2. The lowest BCUT2D eigenvalue weighted by molar-refractivity contribution is -0.139. The number of amides is 2. The number of hydrogen-bond donors (Lipinski definition) is 1. The SMILES string of the molecule is COCCCn1cc(CN(C(=O)[C@H]2CN(C(=O)OC(C)(C)C)CC[C@@H]2c2cccc(C3C=CC(NS(C)(=O)=O)=CC3C)c2)C2CC2)c2ccccc21. The van der Waals surface area contributed by atoms with Crippen molar-refractivity contribution in [1.82, 2.24) is 19.1 Å². The Balaban J connectivity index is 1.30. The molecule has 4 atom stereocenters. The molecule has 11 heteroatoms. The van der Waals surface area contributed by atoms with E-state index in [1.165, 1.54) is 0 Å². The number of carbonyl (C=O) groups is 2. The first-order valence-corrected chi connectivity index (χ1v) is 20.4. The van der Waals surface area contributed by atoms with Gasteiger partial charge in [-0.3, -0.25) is 9.52 Å². The predicted molar refractivity (Wildman–Crippen MR) is 204 cm³/mol. The molecule has 0 spiro atoms. The van der Waals surface area contributed by atoms with Crippen LogP contribution in [0.25, 0.3) is 10.9 Å². The topological polar surface area (TPSA) is 110 Å². The molecule has 280 valence electrons. The van der Waals surface area contributed by atoms with E-state index in [0.29, 0.717) is 31.8 Å². The summed E-state index contributed by atoms with van der Waals surface area (Å²) < 4.78 is 39.7. The summed E-state index contributed by atoms with van der Waals surface area (Å²) in [5.41, 5.74) is 4.39. The zero-order valence-electron chi connectivity index (χ0n) is 31.4. The Morgan fingerprint density at radius 1 is 1.04 bits per heavy atom. The van der Waals surface area contributed by atoms with Crippen molar-refractivity contribution in [2.45, 2.75) is 89.9 Å². The number of sulfonamides is 1. The molecule has 1 saturated heterocycles. The highest BCUT2D eigenvalue weighted by Gasteiger charge is 2.43. The monoisotopic (exact) mass is 730 g/mol. The number of aryl methyl sites for hydroxylation is 1. The van der Waals surface area contributed by atoms with Crippen molar-refractivity contribution in [2.24, 2.45) is 11.8 Å². The number of carbonyl (C=O) groups excluding carboxylic acids is 2. The minimum absolute atomic E-state index is 0.0465. The summed E-state index contributed by atoms with van der Waals surface area (Å²) >= 11 is 0. The second-order valence-corrected chi connectivity index (χ2v) is 17.5. The second-order valence-electron chi connectivity index (χ2n) is 15.7. The first-order chi connectivity index (χ1) is 24.7. The van der Waals surface area contributed by atoms with E-state index >= 15 is 4.79 Å². The number of fused-ring (bicyclic) bond motifs is 1. The first kappa shape index (κ1) is 37.7. The van der Waals surface area contributed by atoms with E-state index < -0.39 is 21.5 Å². The number of piperidine rings is 1. The highest BCUT2D eigenvalue weighted by atomic mass is 32.2. The van der Waals surface area contributed by atoms with Gasteiger partial charge in [0.25, 0.3) is 0 Å². The highest BCUT2D eigenvalue weighted by Crippen LogP contribution is 2.41. The Hall–Kier alpha value is -4.09. The summed E-state index contributed by atoms with van der Waals surface area (Å²) in [5.74, 6) is -0.364. The lowest BCUT2D eigenvalue weighted by Crippen LogP contribution is -2.51. The minimum atomic E-state index is -3.38. The molecule has 2 fully saturated rings. The maximum Gasteiger partial charge on any atom is 0.410 e. The van der Waals surface area contributed by atoms with Gasteiger partial charge in [0.2, 0.25) is 15.9 Å². The number of nitrogens with zero attached hydrogens (tertiary/aromatic N) is 3. The molecule has 1 aromatic heterocycles. The average Bonchev–Trinajstić information content (AvgIpc) is 3.87. The summed E-state index contributed by atoms with van der Waals surface area (Å²) in [6.45, 7) is 10.5. The van der Waals surface area contributed by atoms with Crippen LogP contribution in [0.3, 0.4) is 0 Å². The third-order valence-electron chi connectivity index (χ3n) is 10.3. The van der Waals surface area contributed by atoms with Gasteiger partial charge >= 0.3 is 6.09 Å². The third-order valence-corrected chi connectivity index (χ3v) is 10.9. The fraction of sp³-hybridized carbons (Fsp3) is 0.512. The van der Waals surface area contributed by atoms with Crippen LogP contribution < -0.4 is 4.72 Å². The van der Waals surface area contributed by atoms with Crippen LogP contribution >= 0.6 is 0 Å². The molecule has 0 radical (unpaired) electrons. The van der Waals surface area contributed by atoms with Crippen molar-refractivity contribution in [3.63, 3.8) is 0 Å². The summed E-state index contributed by atoms with van der Waals surface area (Å²) in [4.78, 5) is 32.2. The minimum Gasteiger partial charge on any atom is -0.444 e. The van der Waals surface area contributed by atoms with Gasteiger partial charge in [-0.1, -0.05) is 61.5 Å². The molecule has 1 aliphatic heterocycles. The van der Waals surface area contributed by atoms with E-state index in [2.05, 4.69) is 75.8 Å². The van der Waals surface area contributed by atoms with Crippen molar-refractivity contribution in [3.05, 3.63) is 95.3 Å². The highest BCUT2D eigenvalue weighted by molar-refractivity contribution is 7.88. The number of methoxy groups -OCH3 is 1. The van der Waals surface area contributed by atoms with Crippen LogP contribution in [0.5, 0.6) is 0 Å². The number of rotatable bonds is 12. The van der Waals surface area contributed by atoms with Crippen LogP contribution in [-0.2, 0) is 37.4 Å². The van der Waals surface area contributed by atoms with Crippen LogP contribution in [0.1, 0.15) is 81.9 Å². The summed E-state index contributed by atoms with van der Waals surface area (Å²) in [6, 6.07) is 17.0. The number of nitrogens with one attached hydrogen (secondary N) is 1. The number of para-hydroxylation sites is 1. The van der Waals surface area contributed by atoms with Gasteiger partial charge in [0.05, 0.1) is 12.2 Å². The Morgan fingerprint density at radius 2 is 1.79 bits per heavy atom. The smallest absolute Gasteiger partial charge is 0.410 e. The van der Waals surface area contributed by atoms with E-state index in [0.717, 1.165) is 59.7 Å². The van der Waals surface area contributed by atoms with Crippen molar-refractivity contribution in [1.29, 1.82) is 0 Å². The van der Waals surface area contributed by atoms with Gasteiger partial charge in [-0.25, -0.2) is 13.2 Å². The van der Waals surface area contributed by atoms with E-state index in [4.69, 9.17) is 9.47 Å². The molecule has 6 rings (SSSR count). The maximum absolute atomic E-state index is 15.0. The molecule has 3 aliphatic rings. The molecule has 2 heterocycles. The zero-order valence-corrected chi connectivity index (χ0v) is 32.2. The maximum atomic E-state index is 15.0. The van der Waals surface area contributed by atoms with Crippen LogP contribution in [0.4, 0.5) is 4.79 Å². The van der Waals surface area contributed by atoms with E-state index in [-0.39, 0.29) is 42.3 Å². The molecule has 1 saturated carbocycles. The third kappa shape index (κ3) is 9.09. The van der Waals surface area contributed by atoms with E-state index in [9.17, 15) is 13.2 Å². The molecular formula is C41H54N4O6S. The number of ether oxygens (including phenoxy) is 2. The predicted octanol–water partition coefficient (Wildman–Crippen LogP) is 6.93. The number of hydrogen-bond acceptors (Lipinski definition) is 6. The van der Waals surface area contributed by atoms with Gasteiger partial charge in [0, 0.05) is 74.7 Å². The number of aromatic nitrogens is 1. The standard InChI is InChI=1S/C41H54N4O6S/c1-28-23-32(42-52(6,48)49)15-18-34(28)29-11-9-12-30(24-29)35-19-21-44(40(47)51-41(2,3)4)27-37(35)39(46)45(33-16-17-33)26-31-25-43(20-10-22-50-5)38-14-8-7-13-36(31)38/h7-9,11-15,18,23-25,28,33-35,37,42H,10,16-17,19-22,26-27H2,1-6H3/t28?,34?,35-,37+/m1/s1.